The molecular formula is C25H41N3O7. The van der Waals surface area contributed by atoms with Gasteiger partial charge in [-0.3, -0.25) is 4.79 Å². The normalized spacial score (nSPS) is 16.1. The molecule has 2 amide bonds. The fourth-order valence-corrected chi connectivity index (χ4v) is 3.13. The molecule has 0 radical (unpaired) electrons. The summed E-state index contributed by atoms with van der Waals surface area (Å²) in [5, 5.41) is 15.5. The first-order valence-corrected chi connectivity index (χ1v) is 11.8. The zero-order valence-corrected chi connectivity index (χ0v) is 21.7. The van der Waals surface area contributed by atoms with Crippen molar-refractivity contribution in [1.29, 1.82) is 0 Å². The number of aliphatic hydroxyl groups is 1. The van der Waals surface area contributed by atoms with Gasteiger partial charge in [-0.15, -0.1) is 0 Å². The minimum atomic E-state index is -0.619. The van der Waals surface area contributed by atoms with Crippen LogP contribution in [0.15, 0.2) is 24.3 Å². The summed E-state index contributed by atoms with van der Waals surface area (Å²) < 4.78 is 10.3. The van der Waals surface area contributed by atoms with Gasteiger partial charge in [0.1, 0.15) is 6.10 Å². The highest BCUT2D eigenvalue weighted by molar-refractivity contribution is 5.90. The van der Waals surface area contributed by atoms with Crippen molar-refractivity contribution in [2.24, 2.45) is 5.92 Å². The number of nitrogens with one attached hydrogen (secondary N) is 2. The molecule has 1 saturated heterocycles. The molecule has 10 nitrogen and oxygen atoms in total. The first-order chi connectivity index (χ1) is 16.5. The number of carbonyl (C=O) groups excluding carboxylic acids is 4. The quantitative estimate of drug-likeness (QED) is 0.476. The van der Waals surface area contributed by atoms with Crippen molar-refractivity contribution in [2.75, 3.05) is 38.7 Å². The van der Waals surface area contributed by atoms with E-state index in [-0.39, 0.29) is 24.2 Å². The summed E-state index contributed by atoms with van der Waals surface area (Å²) in [4.78, 5) is 40.9. The average molecular weight is 496 g/mol. The van der Waals surface area contributed by atoms with Crippen molar-refractivity contribution in [3.63, 3.8) is 0 Å². The van der Waals surface area contributed by atoms with Gasteiger partial charge >= 0.3 is 12.2 Å². The molecule has 1 fully saturated rings. The van der Waals surface area contributed by atoms with Crippen molar-refractivity contribution in [2.45, 2.75) is 65.7 Å². The number of likely N-dealkylation sites (N-methyl/N-ethyl adjacent to an activating group) is 1. The highest BCUT2D eigenvalue weighted by Crippen LogP contribution is 2.09. The zero-order valence-electron chi connectivity index (χ0n) is 21.7. The maximum atomic E-state index is 11.7. The molecule has 3 unspecified atom stereocenters. The molecule has 1 aliphatic rings. The maximum absolute atomic E-state index is 11.7. The topological polar surface area (TPSA) is 134 Å². The number of carbonyl (C=O) groups is 2. The highest BCUT2D eigenvalue weighted by Gasteiger charge is 2.23. The van der Waals surface area contributed by atoms with Gasteiger partial charge in [-0.2, -0.15) is 9.59 Å². The van der Waals surface area contributed by atoms with Crippen molar-refractivity contribution in [3.8, 4) is 0 Å². The number of rotatable bonds is 9. The number of benzene rings is 1. The van der Waals surface area contributed by atoms with Crippen LogP contribution in [0.3, 0.4) is 0 Å². The SMILES string of the molecule is CC(C)CN(C)CC(O)C(C)NC(=O)OC1CCOC1.CCC(=O)Nc1ccc(C)cc1.O=C=O. The summed E-state index contributed by atoms with van der Waals surface area (Å²) >= 11 is 0. The Morgan fingerprint density at radius 3 is 2.29 bits per heavy atom. The van der Waals surface area contributed by atoms with Gasteiger partial charge in [0.25, 0.3) is 0 Å². The first-order valence-electron chi connectivity index (χ1n) is 11.8. The maximum Gasteiger partial charge on any atom is 0.407 e. The average Bonchev–Trinajstić information content (AvgIpc) is 3.28. The summed E-state index contributed by atoms with van der Waals surface area (Å²) in [6.07, 6.45) is 0.239. The molecule has 0 spiro atoms. The minimum absolute atomic E-state index is 0.0545. The summed E-state index contributed by atoms with van der Waals surface area (Å²) in [6.45, 7) is 12.4. The third kappa shape index (κ3) is 16.5. The van der Waals surface area contributed by atoms with E-state index in [1.165, 1.54) is 5.56 Å². The lowest BCUT2D eigenvalue weighted by molar-refractivity contribution is -0.191. The summed E-state index contributed by atoms with van der Waals surface area (Å²) in [7, 11) is 1.96. The van der Waals surface area contributed by atoms with E-state index >= 15 is 0 Å². The van der Waals surface area contributed by atoms with Crippen molar-refractivity contribution < 1.29 is 33.8 Å². The summed E-state index contributed by atoms with van der Waals surface area (Å²) in [5.41, 5.74) is 2.07. The molecule has 0 saturated carbocycles. The van der Waals surface area contributed by atoms with Gasteiger partial charge in [0, 0.05) is 31.6 Å². The second-order valence-corrected chi connectivity index (χ2v) is 8.86. The van der Waals surface area contributed by atoms with E-state index in [1.807, 2.05) is 45.2 Å². The second kappa shape index (κ2) is 18.5. The number of hydrogen-bond acceptors (Lipinski definition) is 8. The van der Waals surface area contributed by atoms with Crippen LogP contribution in [0.4, 0.5) is 10.5 Å². The molecule has 3 atom stereocenters. The van der Waals surface area contributed by atoms with Crippen LogP contribution in [0.2, 0.25) is 0 Å². The number of nitrogens with zero attached hydrogens (tertiary/aromatic N) is 1. The number of ether oxygens (including phenoxy) is 2. The summed E-state index contributed by atoms with van der Waals surface area (Å²) in [6, 6.07) is 7.42. The van der Waals surface area contributed by atoms with Crippen LogP contribution in [0.1, 0.15) is 46.1 Å². The van der Waals surface area contributed by atoms with Crippen LogP contribution in [0, 0.1) is 12.8 Å². The van der Waals surface area contributed by atoms with Crippen molar-refractivity contribution >= 4 is 23.8 Å². The van der Waals surface area contributed by atoms with Crippen molar-refractivity contribution in [3.05, 3.63) is 29.8 Å². The molecule has 1 aliphatic heterocycles. The van der Waals surface area contributed by atoms with Gasteiger partial charge in [0.15, 0.2) is 0 Å². The lowest BCUT2D eigenvalue weighted by Gasteiger charge is -2.26. The molecule has 0 bridgehead atoms. The molecule has 0 aliphatic carbocycles. The van der Waals surface area contributed by atoms with E-state index in [1.54, 1.807) is 6.92 Å². The molecular weight excluding hydrogens is 454 g/mol. The first kappa shape index (κ1) is 32.2. The lowest BCUT2D eigenvalue weighted by Crippen LogP contribution is -2.47. The van der Waals surface area contributed by atoms with E-state index in [0.717, 1.165) is 18.7 Å². The molecule has 10 heteroatoms. The van der Waals surface area contributed by atoms with Crippen LogP contribution in [0.25, 0.3) is 0 Å². The molecule has 1 aromatic rings. The predicted molar refractivity (Wildman–Crippen MR) is 132 cm³/mol. The number of aliphatic hydroxyl groups excluding tert-OH is 1. The van der Waals surface area contributed by atoms with E-state index in [4.69, 9.17) is 19.1 Å². The zero-order chi connectivity index (χ0) is 26.8. The monoisotopic (exact) mass is 495 g/mol. The van der Waals surface area contributed by atoms with Gasteiger partial charge < -0.3 is 30.1 Å². The van der Waals surface area contributed by atoms with Crippen LogP contribution in [-0.4, -0.2) is 79.8 Å². The van der Waals surface area contributed by atoms with Gasteiger partial charge in [-0.1, -0.05) is 38.5 Å². The molecule has 1 heterocycles. The Morgan fingerprint density at radius 1 is 1.20 bits per heavy atom. The van der Waals surface area contributed by atoms with Crippen LogP contribution in [0.5, 0.6) is 0 Å². The van der Waals surface area contributed by atoms with E-state index in [2.05, 4.69) is 29.4 Å². The number of amides is 2. The fraction of sp³-hybridized carbons (Fsp3) is 0.640. The molecule has 1 aromatic carbocycles. The fourth-order valence-electron chi connectivity index (χ4n) is 3.13. The number of aryl methyl sites for hydroxylation is 1. The van der Waals surface area contributed by atoms with E-state index < -0.39 is 12.2 Å². The highest BCUT2D eigenvalue weighted by atomic mass is 16.6. The Kier molecular flexibility index (Phi) is 17.1. The molecule has 0 aromatic heterocycles. The molecule has 35 heavy (non-hydrogen) atoms. The lowest BCUT2D eigenvalue weighted by atomic mass is 10.1. The third-order valence-electron chi connectivity index (χ3n) is 4.92. The number of hydrogen-bond donors (Lipinski definition) is 3. The van der Waals surface area contributed by atoms with Crippen LogP contribution in [-0.2, 0) is 23.9 Å². The van der Waals surface area contributed by atoms with E-state index in [0.29, 0.717) is 32.1 Å². The summed E-state index contributed by atoms with van der Waals surface area (Å²) in [5.74, 6) is 0.599. The Morgan fingerprint density at radius 2 is 1.80 bits per heavy atom. The Hall–Kier alpha value is -2.78. The standard InChI is InChI=1S/C14H28N2O4.C10H13NO.CO2/c1-10(2)7-16(4)8-13(17)11(3)15-14(18)20-12-5-6-19-9-12;1-3-10(12)11-9-6-4-8(2)5-7-9;2-1-3/h10-13,17H,5-9H2,1-4H3,(H,15,18);4-7H,3H2,1-2H3,(H,11,12);. The number of anilines is 1. The number of alkyl carbamates (subject to hydrolysis) is 1. The minimum Gasteiger partial charge on any atom is -0.444 e. The van der Waals surface area contributed by atoms with Gasteiger partial charge in [-0.25, -0.2) is 4.79 Å². The van der Waals surface area contributed by atoms with E-state index in [9.17, 15) is 14.7 Å². The Balaban J connectivity index is 0.000000652. The molecule has 198 valence electrons. The van der Waals surface area contributed by atoms with Crippen LogP contribution < -0.4 is 10.6 Å². The van der Waals surface area contributed by atoms with Gasteiger partial charge in [-0.05, 0) is 38.9 Å². The third-order valence-corrected chi connectivity index (χ3v) is 4.92. The molecule has 3 N–H and O–H groups in total. The Bertz CT molecular complexity index is 759. The molecule has 2 rings (SSSR count). The van der Waals surface area contributed by atoms with Crippen molar-refractivity contribution in [1.82, 2.24) is 10.2 Å². The predicted octanol–water partition coefficient (Wildman–Crippen LogP) is 2.60. The van der Waals surface area contributed by atoms with Gasteiger partial charge in [0.2, 0.25) is 5.91 Å². The second-order valence-electron chi connectivity index (χ2n) is 8.86. The Labute approximate surface area is 208 Å². The van der Waals surface area contributed by atoms with Gasteiger partial charge in [0.05, 0.1) is 25.4 Å². The van der Waals surface area contributed by atoms with Crippen LogP contribution >= 0.6 is 0 Å². The smallest absolute Gasteiger partial charge is 0.407 e. The largest absolute Gasteiger partial charge is 0.444 e.